The van der Waals surface area contributed by atoms with Crippen LogP contribution in [0.2, 0.25) is 0 Å². The second-order valence-electron chi connectivity index (χ2n) is 3.28. The number of para-hydroxylation sites is 1. The van der Waals surface area contributed by atoms with E-state index >= 15 is 0 Å². The Bertz CT molecular complexity index is 606. The number of H-pyrrole nitrogens is 1. The molecular weight excluding hydrogens is 222 g/mol. The van der Waals surface area contributed by atoms with Gasteiger partial charge in [0, 0.05) is 0 Å². The van der Waals surface area contributed by atoms with Crippen molar-refractivity contribution in [3.8, 4) is 0 Å². The maximum Gasteiger partial charge on any atom is 0.413 e. The van der Waals surface area contributed by atoms with Crippen molar-refractivity contribution in [1.29, 1.82) is 0 Å². The van der Waals surface area contributed by atoms with E-state index in [-0.39, 0.29) is 18.1 Å². The minimum Gasteiger partial charge on any atom is -0.450 e. The van der Waals surface area contributed by atoms with E-state index < -0.39 is 6.09 Å². The van der Waals surface area contributed by atoms with Crippen molar-refractivity contribution in [3.63, 3.8) is 0 Å². The number of hydrogen-bond donors (Lipinski definition) is 2. The van der Waals surface area contributed by atoms with Gasteiger partial charge in [0.1, 0.15) is 0 Å². The fourth-order valence-corrected chi connectivity index (χ4v) is 1.41. The number of aromatic amines is 1. The molecule has 1 heterocycles. The molecule has 17 heavy (non-hydrogen) atoms. The molecule has 0 aliphatic rings. The lowest BCUT2D eigenvalue weighted by Crippen LogP contribution is -2.19. The Kier molecular flexibility index (Phi) is 3.04. The molecule has 0 bridgehead atoms. The molecule has 0 fully saturated rings. The van der Waals surface area contributed by atoms with Crippen molar-refractivity contribution in [2.45, 2.75) is 6.92 Å². The molecule has 2 aromatic rings. The van der Waals surface area contributed by atoms with Crippen molar-refractivity contribution >= 4 is 22.9 Å². The van der Waals surface area contributed by atoms with Crippen LogP contribution in [0, 0.1) is 0 Å². The molecule has 0 aliphatic carbocycles. The summed E-state index contributed by atoms with van der Waals surface area (Å²) in [6.45, 7) is 1.94. The van der Waals surface area contributed by atoms with Crippen molar-refractivity contribution in [2.24, 2.45) is 0 Å². The summed E-state index contributed by atoms with van der Waals surface area (Å²) < 4.78 is 4.69. The standard InChI is InChI=1S/C11H11N3O3/c1-2-17-11(16)14-10-12-8-6-4-3-5-7(8)9(15)13-10/h3-6H,2H2,1H3,(H2,12,13,14,15,16). The Morgan fingerprint density at radius 1 is 1.47 bits per heavy atom. The SMILES string of the molecule is CCOC(=O)Nc1nc2ccccc2c(=O)[nH]1. The average Bonchev–Trinajstić information content (AvgIpc) is 2.29. The van der Waals surface area contributed by atoms with Crippen LogP contribution in [0.15, 0.2) is 29.1 Å². The molecule has 0 spiro atoms. The van der Waals surface area contributed by atoms with Gasteiger partial charge in [0.2, 0.25) is 5.95 Å². The summed E-state index contributed by atoms with van der Waals surface area (Å²) in [4.78, 5) is 29.4. The molecular formula is C11H11N3O3. The molecule has 2 rings (SSSR count). The molecule has 0 aliphatic heterocycles. The Hall–Kier alpha value is -2.37. The average molecular weight is 233 g/mol. The van der Waals surface area contributed by atoms with Crippen LogP contribution >= 0.6 is 0 Å². The normalized spacial score (nSPS) is 10.2. The monoisotopic (exact) mass is 233 g/mol. The summed E-state index contributed by atoms with van der Waals surface area (Å²) in [7, 11) is 0. The van der Waals surface area contributed by atoms with Crippen molar-refractivity contribution in [3.05, 3.63) is 34.6 Å². The summed E-state index contributed by atoms with van der Waals surface area (Å²) in [5.41, 5.74) is 0.213. The van der Waals surface area contributed by atoms with E-state index in [2.05, 4.69) is 20.0 Å². The van der Waals surface area contributed by atoms with Crippen LogP contribution in [0.3, 0.4) is 0 Å². The third-order valence-electron chi connectivity index (χ3n) is 2.11. The van der Waals surface area contributed by atoms with Gasteiger partial charge in [-0.25, -0.2) is 9.78 Å². The van der Waals surface area contributed by atoms with Crippen LogP contribution < -0.4 is 10.9 Å². The maximum absolute atomic E-state index is 11.7. The fourth-order valence-electron chi connectivity index (χ4n) is 1.41. The summed E-state index contributed by atoms with van der Waals surface area (Å²) in [6, 6.07) is 6.87. The molecule has 2 N–H and O–H groups in total. The lowest BCUT2D eigenvalue weighted by molar-refractivity contribution is 0.167. The maximum atomic E-state index is 11.7. The van der Waals surface area contributed by atoms with Gasteiger partial charge in [-0.2, -0.15) is 0 Å². The number of hydrogen-bond acceptors (Lipinski definition) is 4. The zero-order valence-electron chi connectivity index (χ0n) is 9.19. The highest BCUT2D eigenvalue weighted by Gasteiger charge is 2.06. The van der Waals surface area contributed by atoms with Gasteiger partial charge in [-0.3, -0.25) is 15.1 Å². The number of fused-ring (bicyclic) bond motifs is 1. The Labute approximate surface area is 96.6 Å². The smallest absolute Gasteiger partial charge is 0.413 e. The first kappa shape index (κ1) is 11.1. The van der Waals surface area contributed by atoms with Crippen LogP contribution in [0.25, 0.3) is 10.9 Å². The molecule has 6 nitrogen and oxygen atoms in total. The van der Waals surface area contributed by atoms with E-state index in [1.54, 1.807) is 31.2 Å². The largest absolute Gasteiger partial charge is 0.450 e. The van der Waals surface area contributed by atoms with Gasteiger partial charge < -0.3 is 4.74 Å². The van der Waals surface area contributed by atoms with E-state index in [4.69, 9.17) is 0 Å². The molecule has 1 aromatic carbocycles. The van der Waals surface area contributed by atoms with Gasteiger partial charge in [0.05, 0.1) is 17.5 Å². The second-order valence-corrected chi connectivity index (χ2v) is 3.28. The first-order valence-corrected chi connectivity index (χ1v) is 5.13. The number of aromatic nitrogens is 2. The quantitative estimate of drug-likeness (QED) is 0.823. The molecule has 0 atom stereocenters. The Morgan fingerprint density at radius 3 is 3.00 bits per heavy atom. The molecule has 1 aromatic heterocycles. The summed E-state index contributed by atoms with van der Waals surface area (Å²) >= 11 is 0. The highest BCUT2D eigenvalue weighted by molar-refractivity contribution is 5.84. The first-order valence-electron chi connectivity index (χ1n) is 5.13. The number of carbonyl (C=O) groups excluding carboxylic acids is 1. The molecule has 88 valence electrons. The molecule has 0 saturated heterocycles. The van der Waals surface area contributed by atoms with E-state index in [1.807, 2.05) is 0 Å². The van der Waals surface area contributed by atoms with E-state index in [1.165, 1.54) is 0 Å². The number of nitrogens with zero attached hydrogens (tertiary/aromatic N) is 1. The third kappa shape index (κ3) is 2.41. The summed E-state index contributed by atoms with van der Waals surface area (Å²) in [5, 5.41) is 2.82. The number of amides is 1. The van der Waals surface area contributed by atoms with Gasteiger partial charge in [0.25, 0.3) is 5.56 Å². The minimum absolute atomic E-state index is 0.0761. The Morgan fingerprint density at radius 2 is 2.24 bits per heavy atom. The highest BCUT2D eigenvalue weighted by atomic mass is 16.5. The fraction of sp³-hybridized carbons (Fsp3) is 0.182. The molecule has 6 heteroatoms. The molecule has 0 saturated carbocycles. The predicted molar refractivity (Wildman–Crippen MR) is 63.0 cm³/mol. The lowest BCUT2D eigenvalue weighted by atomic mass is 10.2. The van der Waals surface area contributed by atoms with Gasteiger partial charge in [-0.15, -0.1) is 0 Å². The van der Waals surface area contributed by atoms with Crippen molar-refractivity contribution in [1.82, 2.24) is 9.97 Å². The molecule has 1 amide bonds. The number of nitrogens with one attached hydrogen (secondary N) is 2. The number of rotatable bonds is 2. The summed E-state index contributed by atoms with van der Waals surface area (Å²) in [6.07, 6.45) is -0.647. The Balaban J connectivity index is 2.37. The third-order valence-corrected chi connectivity index (χ3v) is 2.11. The number of benzene rings is 1. The van der Waals surface area contributed by atoms with E-state index in [9.17, 15) is 9.59 Å². The number of anilines is 1. The van der Waals surface area contributed by atoms with Gasteiger partial charge in [0.15, 0.2) is 0 Å². The predicted octanol–water partition coefficient (Wildman–Crippen LogP) is 1.49. The van der Waals surface area contributed by atoms with E-state index in [0.29, 0.717) is 10.9 Å². The molecule has 0 radical (unpaired) electrons. The van der Waals surface area contributed by atoms with Gasteiger partial charge in [-0.05, 0) is 19.1 Å². The molecule has 0 unspecified atom stereocenters. The van der Waals surface area contributed by atoms with Crippen LogP contribution in [-0.4, -0.2) is 22.7 Å². The zero-order chi connectivity index (χ0) is 12.3. The topological polar surface area (TPSA) is 84.1 Å². The van der Waals surface area contributed by atoms with Crippen LogP contribution in [-0.2, 0) is 4.74 Å². The summed E-state index contributed by atoms with van der Waals surface area (Å²) in [5.74, 6) is 0.0761. The van der Waals surface area contributed by atoms with Crippen LogP contribution in [0.1, 0.15) is 6.92 Å². The van der Waals surface area contributed by atoms with Crippen molar-refractivity contribution < 1.29 is 9.53 Å². The number of carbonyl (C=O) groups is 1. The van der Waals surface area contributed by atoms with Gasteiger partial charge in [-0.1, -0.05) is 12.1 Å². The van der Waals surface area contributed by atoms with Gasteiger partial charge >= 0.3 is 6.09 Å². The minimum atomic E-state index is -0.647. The van der Waals surface area contributed by atoms with Crippen molar-refractivity contribution in [2.75, 3.05) is 11.9 Å². The zero-order valence-corrected chi connectivity index (χ0v) is 9.19. The van der Waals surface area contributed by atoms with E-state index in [0.717, 1.165) is 0 Å². The lowest BCUT2D eigenvalue weighted by Gasteiger charge is -2.04. The first-order chi connectivity index (χ1) is 8.20. The second kappa shape index (κ2) is 4.65. The highest BCUT2D eigenvalue weighted by Crippen LogP contribution is 2.07. The van der Waals surface area contributed by atoms with Crippen LogP contribution in [0.5, 0.6) is 0 Å². The number of ether oxygens (including phenoxy) is 1. The van der Waals surface area contributed by atoms with Crippen LogP contribution in [0.4, 0.5) is 10.7 Å².